The molecule has 0 fully saturated rings. The van der Waals surface area contributed by atoms with Crippen molar-refractivity contribution < 1.29 is 9.47 Å². The van der Waals surface area contributed by atoms with Crippen molar-refractivity contribution in [1.29, 1.82) is 0 Å². The second-order valence-electron chi connectivity index (χ2n) is 3.99. The summed E-state index contributed by atoms with van der Waals surface area (Å²) in [6.45, 7) is 6.02. The van der Waals surface area contributed by atoms with E-state index in [9.17, 15) is 0 Å². The molecule has 1 aliphatic carbocycles. The largest absolute Gasteiger partial charge is 0.493 e. The maximum atomic E-state index is 5.49. The Morgan fingerprint density at radius 1 is 1.19 bits per heavy atom. The van der Waals surface area contributed by atoms with E-state index < -0.39 is 0 Å². The van der Waals surface area contributed by atoms with E-state index in [-0.39, 0.29) is 0 Å². The fourth-order valence-electron chi connectivity index (χ4n) is 2.26. The number of benzene rings is 1. The van der Waals surface area contributed by atoms with Gasteiger partial charge in [0.1, 0.15) is 0 Å². The predicted octanol–water partition coefficient (Wildman–Crippen LogP) is 1.47. The maximum absolute atomic E-state index is 5.49. The van der Waals surface area contributed by atoms with Crippen LogP contribution < -0.4 is 14.8 Å². The molecule has 0 amide bonds. The highest BCUT2D eigenvalue weighted by molar-refractivity contribution is 5.49. The molecule has 2 rings (SSSR count). The molecule has 1 N–H and O–H groups in total. The third kappa shape index (κ3) is 2.00. The van der Waals surface area contributed by atoms with Crippen LogP contribution in [0.15, 0.2) is 12.1 Å². The standard InChI is InChI=1S/C13H17NO2/c1-4-14-11-5-9-7-12(15-2)13(16-3)8-10(9)6-11/h1,7-8,11,14H,4-6H2,2-3H3. The summed E-state index contributed by atoms with van der Waals surface area (Å²) in [6, 6.07) is 4.57. The molecule has 0 saturated carbocycles. The summed E-state index contributed by atoms with van der Waals surface area (Å²) >= 11 is 0. The summed E-state index contributed by atoms with van der Waals surface area (Å²) in [6.07, 6.45) is 2.01. The van der Waals surface area contributed by atoms with Crippen molar-refractivity contribution in [1.82, 2.24) is 5.32 Å². The molecule has 1 aliphatic rings. The number of rotatable bonds is 4. The van der Waals surface area contributed by atoms with Crippen LogP contribution in [0.1, 0.15) is 11.1 Å². The van der Waals surface area contributed by atoms with Crippen LogP contribution in [-0.2, 0) is 12.8 Å². The van der Waals surface area contributed by atoms with E-state index in [0.29, 0.717) is 12.6 Å². The van der Waals surface area contributed by atoms with Crippen LogP contribution in [0, 0.1) is 6.92 Å². The Morgan fingerprint density at radius 3 is 2.06 bits per heavy atom. The summed E-state index contributed by atoms with van der Waals surface area (Å²) in [5.41, 5.74) is 2.65. The smallest absolute Gasteiger partial charge is 0.161 e. The summed E-state index contributed by atoms with van der Waals surface area (Å²) < 4.78 is 10.6. The molecule has 0 bridgehead atoms. The van der Waals surface area contributed by atoms with Crippen molar-refractivity contribution >= 4 is 0 Å². The Bertz CT molecular complexity index is 343. The zero-order chi connectivity index (χ0) is 11.5. The number of nitrogens with one attached hydrogen (secondary N) is 1. The first-order valence-corrected chi connectivity index (χ1v) is 5.45. The van der Waals surface area contributed by atoms with Crippen molar-refractivity contribution in [3.63, 3.8) is 0 Å². The quantitative estimate of drug-likeness (QED) is 0.832. The Kier molecular flexibility index (Phi) is 3.34. The van der Waals surface area contributed by atoms with Gasteiger partial charge in [0.15, 0.2) is 11.5 Å². The van der Waals surface area contributed by atoms with Gasteiger partial charge in [-0.25, -0.2) is 0 Å². The van der Waals surface area contributed by atoms with Crippen molar-refractivity contribution in [2.75, 3.05) is 20.8 Å². The van der Waals surface area contributed by atoms with Gasteiger partial charge in [-0.1, -0.05) is 0 Å². The minimum absolute atomic E-state index is 0.441. The van der Waals surface area contributed by atoms with Gasteiger partial charge >= 0.3 is 0 Å². The minimum atomic E-state index is 0.441. The van der Waals surface area contributed by atoms with E-state index in [1.165, 1.54) is 11.1 Å². The molecule has 3 heteroatoms. The lowest BCUT2D eigenvalue weighted by Crippen LogP contribution is -2.29. The predicted molar refractivity (Wildman–Crippen MR) is 63.0 cm³/mol. The van der Waals surface area contributed by atoms with Gasteiger partial charge in [0.25, 0.3) is 0 Å². The molecule has 2 radical (unpaired) electrons. The fourth-order valence-corrected chi connectivity index (χ4v) is 2.26. The Morgan fingerprint density at radius 2 is 1.69 bits per heavy atom. The minimum Gasteiger partial charge on any atom is -0.493 e. The third-order valence-electron chi connectivity index (χ3n) is 3.04. The molecule has 0 atom stereocenters. The average Bonchev–Trinajstić information content (AvgIpc) is 2.68. The van der Waals surface area contributed by atoms with Crippen molar-refractivity contribution in [2.45, 2.75) is 18.9 Å². The highest BCUT2D eigenvalue weighted by Gasteiger charge is 2.22. The highest BCUT2D eigenvalue weighted by Crippen LogP contribution is 2.34. The van der Waals surface area contributed by atoms with E-state index in [0.717, 1.165) is 24.3 Å². The molecular weight excluding hydrogens is 202 g/mol. The first kappa shape index (κ1) is 11.3. The lowest BCUT2D eigenvalue weighted by Gasteiger charge is -2.09. The molecule has 0 heterocycles. The Balaban J connectivity index is 2.25. The molecule has 0 saturated heterocycles. The number of methoxy groups -OCH3 is 2. The highest BCUT2D eigenvalue weighted by atomic mass is 16.5. The fraction of sp³-hybridized carbons (Fsp3) is 0.462. The SMILES string of the molecule is [CH]CNC1Cc2cc(OC)c(OC)cc2C1. The van der Waals surface area contributed by atoms with Crippen LogP contribution in [0.4, 0.5) is 0 Å². The number of hydrogen-bond donors (Lipinski definition) is 1. The molecule has 1 aromatic rings. The van der Waals surface area contributed by atoms with Gasteiger partial charge in [0, 0.05) is 6.04 Å². The number of fused-ring (bicyclic) bond motifs is 1. The molecule has 0 aromatic heterocycles. The van der Waals surface area contributed by atoms with Gasteiger partial charge in [0.2, 0.25) is 0 Å². The van der Waals surface area contributed by atoms with Gasteiger partial charge < -0.3 is 14.8 Å². The van der Waals surface area contributed by atoms with E-state index in [1.807, 2.05) is 0 Å². The molecule has 0 spiro atoms. The lowest BCUT2D eigenvalue weighted by atomic mass is 10.1. The molecule has 16 heavy (non-hydrogen) atoms. The zero-order valence-electron chi connectivity index (χ0n) is 9.75. The molecule has 86 valence electrons. The van der Waals surface area contributed by atoms with Crippen LogP contribution in [0.3, 0.4) is 0 Å². The average molecular weight is 219 g/mol. The van der Waals surface area contributed by atoms with E-state index in [4.69, 9.17) is 16.4 Å². The topological polar surface area (TPSA) is 30.5 Å². The van der Waals surface area contributed by atoms with Gasteiger partial charge in [-0.05, 0) is 49.6 Å². The second-order valence-corrected chi connectivity index (χ2v) is 3.99. The van der Waals surface area contributed by atoms with Crippen molar-refractivity contribution in [3.8, 4) is 11.5 Å². The molecule has 3 nitrogen and oxygen atoms in total. The monoisotopic (exact) mass is 219 g/mol. The van der Waals surface area contributed by atoms with Crippen LogP contribution in [0.25, 0.3) is 0 Å². The Hall–Kier alpha value is -1.22. The normalized spacial score (nSPS) is 14.9. The van der Waals surface area contributed by atoms with Gasteiger partial charge in [-0.2, -0.15) is 0 Å². The van der Waals surface area contributed by atoms with Gasteiger partial charge in [-0.3, -0.25) is 0 Å². The summed E-state index contributed by atoms with van der Waals surface area (Å²) in [5, 5.41) is 3.26. The van der Waals surface area contributed by atoms with E-state index in [1.54, 1.807) is 14.2 Å². The summed E-state index contributed by atoms with van der Waals surface area (Å²) in [4.78, 5) is 0. The summed E-state index contributed by atoms with van der Waals surface area (Å²) in [5.74, 6) is 1.60. The number of ether oxygens (including phenoxy) is 2. The maximum Gasteiger partial charge on any atom is 0.161 e. The Labute approximate surface area is 96.8 Å². The summed E-state index contributed by atoms with van der Waals surface area (Å²) in [7, 11) is 3.32. The first-order valence-electron chi connectivity index (χ1n) is 5.45. The van der Waals surface area contributed by atoms with Gasteiger partial charge in [-0.15, -0.1) is 0 Å². The van der Waals surface area contributed by atoms with Gasteiger partial charge in [0.05, 0.1) is 14.2 Å². The molecular formula is C13H17NO2. The van der Waals surface area contributed by atoms with Crippen LogP contribution in [-0.4, -0.2) is 26.8 Å². The van der Waals surface area contributed by atoms with E-state index >= 15 is 0 Å². The zero-order valence-corrected chi connectivity index (χ0v) is 9.75. The number of hydrogen-bond acceptors (Lipinski definition) is 3. The molecule has 0 aliphatic heterocycles. The van der Waals surface area contributed by atoms with E-state index in [2.05, 4.69) is 17.4 Å². The van der Waals surface area contributed by atoms with Crippen molar-refractivity contribution in [2.24, 2.45) is 0 Å². The third-order valence-corrected chi connectivity index (χ3v) is 3.04. The molecule has 1 aromatic carbocycles. The van der Waals surface area contributed by atoms with Crippen LogP contribution in [0.5, 0.6) is 11.5 Å². The van der Waals surface area contributed by atoms with Crippen molar-refractivity contribution in [3.05, 3.63) is 30.2 Å². The second kappa shape index (κ2) is 4.74. The van der Waals surface area contributed by atoms with Crippen LogP contribution in [0.2, 0.25) is 0 Å². The first-order chi connectivity index (χ1) is 7.78. The lowest BCUT2D eigenvalue weighted by molar-refractivity contribution is 0.354. The van der Waals surface area contributed by atoms with Crippen LogP contribution >= 0.6 is 0 Å². The molecule has 0 unspecified atom stereocenters.